The summed E-state index contributed by atoms with van der Waals surface area (Å²) in [6.45, 7) is 3.24. The zero-order valence-electron chi connectivity index (χ0n) is 36.5. The molecule has 0 unspecified atom stereocenters. The molecule has 0 amide bonds. The van der Waals surface area contributed by atoms with Gasteiger partial charge in [0.05, 0.1) is 35.3 Å². The molecule has 0 radical (unpaired) electrons. The summed E-state index contributed by atoms with van der Waals surface area (Å²) in [6.07, 6.45) is 16.2. The van der Waals surface area contributed by atoms with E-state index in [0.717, 1.165) is 45.2 Å². The molecule has 0 aliphatic carbocycles. The maximum Gasteiger partial charge on any atom is 2.00 e. The Bertz CT molecular complexity index is 2820. The van der Waals surface area contributed by atoms with Gasteiger partial charge in [0, 0.05) is 34.0 Å². The minimum atomic E-state index is -4.50. The Morgan fingerprint density at radius 2 is 1.29 bits per heavy atom. The summed E-state index contributed by atoms with van der Waals surface area (Å²) in [5.41, 5.74) is 5.69. The van der Waals surface area contributed by atoms with E-state index in [1.165, 1.54) is 48.2 Å². The van der Waals surface area contributed by atoms with Gasteiger partial charge in [-0.3, -0.25) is 29.3 Å². The number of carbonyl (C=O) groups is 3. The molecular weight excluding hydrogens is 1020 g/mol. The van der Waals surface area contributed by atoms with Gasteiger partial charge in [-0.1, -0.05) is 62.3 Å². The Balaban J connectivity index is 0.000000290. The van der Waals surface area contributed by atoms with Crippen molar-refractivity contribution in [1.82, 2.24) is 30.1 Å². The van der Waals surface area contributed by atoms with Crippen molar-refractivity contribution in [3.05, 3.63) is 160 Å². The fourth-order valence-corrected chi connectivity index (χ4v) is 7.17. The molecule has 6 heterocycles. The molecule has 0 aliphatic rings. The van der Waals surface area contributed by atoms with Gasteiger partial charge in [0.25, 0.3) is 19.4 Å². The van der Waals surface area contributed by atoms with E-state index in [-0.39, 0.29) is 25.2 Å². The standard InChI is InChI=1S/C28H19N3O6.C21H21F3N3S.CNS.Ru/c32-17-35-10-6-20-4-8-29-25(12-20)27-15-23(22-2-1-3-24(14-22)37-19-34)16-28(31-27)26-13-21(5-9-30-26)7-11-36-18-33;1-2-3-4-5-6-16-9-10-17(28-16)8-7-15-11-12-25-18(13-15)19-14-20(27-26-19)21(22,23)24;2-1-3;/h1-19H;7-14H,2-6H2,1H3;;/q;2*-1;+2/b10-6+,11-7+;8-7+;;. The molecule has 1 aromatic carbocycles. The second kappa shape index (κ2) is 28.7. The molecule has 0 atom stereocenters. The van der Waals surface area contributed by atoms with Crippen LogP contribution in [0, 0.1) is 0 Å². The van der Waals surface area contributed by atoms with Gasteiger partial charge < -0.3 is 29.8 Å². The molecular formula is C50H40F3N7O6RuS2. The monoisotopic (exact) mass is 1060 g/mol. The van der Waals surface area contributed by atoms with Crippen LogP contribution in [0.1, 0.15) is 64.7 Å². The molecule has 7 rings (SSSR count). The van der Waals surface area contributed by atoms with E-state index >= 15 is 0 Å². The van der Waals surface area contributed by atoms with E-state index in [1.54, 1.807) is 96.7 Å². The summed E-state index contributed by atoms with van der Waals surface area (Å²) >= 11 is 5.47. The Kier molecular flexibility index (Phi) is 22.5. The summed E-state index contributed by atoms with van der Waals surface area (Å²) in [7, 11) is 0. The number of rotatable bonds is 19. The van der Waals surface area contributed by atoms with Crippen molar-refractivity contribution in [1.29, 1.82) is 0 Å². The van der Waals surface area contributed by atoms with Crippen LogP contribution in [0.3, 0.4) is 0 Å². The van der Waals surface area contributed by atoms with Crippen molar-refractivity contribution < 1.29 is 61.2 Å². The number of halogens is 3. The maximum absolute atomic E-state index is 12.7. The molecule has 0 saturated heterocycles. The fraction of sp³-hybridized carbons (Fsp3) is 0.140. The SMILES string of the molecule is CCCCCCc1ccc(/C=C/c2ccnc(-c3cc(C(F)(F)F)n[n-]3)c2)s1.O=CO/C=C/c1ccnc(-c2cc(-c3cccc(OC=O)c3)cc(-c3cc(/C=C/OC=O)ccn3)n2)c1.[N-]=C=S.[Ru+2]. The Morgan fingerprint density at radius 3 is 1.86 bits per heavy atom. The molecule has 352 valence electrons. The first-order chi connectivity index (χ1) is 33.1. The molecule has 0 bridgehead atoms. The van der Waals surface area contributed by atoms with Crippen molar-refractivity contribution in [3.8, 4) is 51.0 Å². The largest absolute Gasteiger partial charge is 2.00 e. The first-order valence-electron chi connectivity index (χ1n) is 20.6. The van der Waals surface area contributed by atoms with Crippen LogP contribution in [0.15, 0.2) is 122 Å². The topological polar surface area (TPSA) is 180 Å². The second-order valence-corrected chi connectivity index (χ2v) is 15.4. The summed E-state index contributed by atoms with van der Waals surface area (Å²) in [6, 6.07) is 26.6. The van der Waals surface area contributed by atoms with Crippen LogP contribution in [0.4, 0.5) is 13.2 Å². The minimum absolute atomic E-state index is 0. The third-order valence-corrected chi connectivity index (χ3v) is 10.4. The number of thiophene rings is 1. The van der Waals surface area contributed by atoms with Gasteiger partial charge in [-0.15, -0.1) is 11.3 Å². The molecule has 0 saturated carbocycles. The number of hydrogen-bond donors (Lipinski definition) is 0. The third-order valence-electron chi connectivity index (χ3n) is 9.33. The van der Waals surface area contributed by atoms with Crippen LogP contribution < -0.4 is 9.84 Å². The number of benzene rings is 1. The number of isothiocyanates is 1. The summed E-state index contributed by atoms with van der Waals surface area (Å²) < 4.78 is 52.4. The molecule has 0 aliphatic heterocycles. The molecule has 0 spiro atoms. The van der Waals surface area contributed by atoms with Crippen LogP contribution in [-0.4, -0.2) is 49.6 Å². The van der Waals surface area contributed by atoms with Crippen molar-refractivity contribution in [3.63, 3.8) is 0 Å². The Morgan fingerprint density at radius 1 is 0.696 bits per heavy atom. The molecule has 0 fully saturated rings. The number of thiocarbonyl (C=S) groups is 1. The Hall–Kier alpha value is -7.43. The first-order valence-corrected chi connectivity index (χ1v) is 21.8. The van der Waals surface area contributed by atoms with Crippen molar-refractivity contribution >= 4 is 72.4 Å². The zero-order valence-corrected chi connectivity index (χ0v) is 39.9. The van der Waals surface area contributed by atoms with E-state index in [1.807, 2.05) is 30.4 Å². The van der Waals surface area contributed by atoms with Crippen LogP contribution in [0.2, 0.25) is 0 Å². The number of carbonyl (C=O) groups excluding carboxylic acids is 3. The number of nitrogens with zero attached hydrogens (tertiary/aromatic N) is 7. The van der Waals surface area contributed by atoms with Crippen LogP contribution in [-0.2, 0) is 55.9 Å². The summed E-state index contributed by atoms with van der Waals surface area (Å²) in [4.78, 5) is 52.1. The van der Waals surface area contributed by atoms with Gasteiger partial charge in [-0.25, -0.2) is 4.98 Å². The van der Waals surface area contributed by atoms with Crippen LogP contribution in [0.5, 0.6) is 5.75 Å². The van der Waals surface area contributed by atoms with Crippen molar-refractivity contribution in [2.24, 2.45) is 0 Å². The third kappa shape index (κ3) is 17.6. The number of aryl methyl sites for hydroxylation is 1. The number of pyridine rings is 4. The average molecular weight is 1060 g/mol. The number of ether oxygens (including phenoxy) is 3. The zero-order chi connectivity index (χ0) is 48.6. The van der Waals surface area contributed by atoms with Gasteiger partial charge in [-0.05, 0) is 138 Å². The minimum Gasteiger partial charge on any atom is -0.753 e. The van der Waals surface area contributed by atoms with E-state index in [0.29, 0.717) is 53.6 Å². The maximum atomic E-state index is 12.7. The number of unbranched alkanes of at least 4 members (excludes halogenated alkanes) is 3. The Labute approximate surface area is 417 Å². The molecule has 6 aromatic heterocycles. The van der Waals surface area contributed by atoms with Crippen molar-refractivity contribution in [2.75, 3.05) is 0 Å². The van der Waals surface area contributed by atoms with E-state index in [9.17, 15) is 27.6 Å². The quantitative estimate of drug-likeness (QED) is 0.0187. The molecule has 0 N–H and O–H groups in total. The molecule has 19 heteroatoms. The number of aromatic nitrogens is 6. The van der Waals surface area contributed by atoms with Crippen molar-refractivity contribution in [2.45, 2.75) is 45.2 Å². The number of hydrogen-bond acceptors (Lipinski definition) is 13. The second-order valence-electron chi connectivity index (χ2n) is 14.0. The smallest absolute Gasteiger partial charge is 0.753 e. The van der Waals surface area contributed by atoms with Gasteiger partial charge in [0.15, 0.2) is 0 Å². The van der Waals surface area contributed by atoms with E-state index in [4.69, 9.17) is 15.1 Å². The van der Waals surface area contributed by atoms with Gasteiger partial charge in [-0.2, -0.15) is 18.3 Å². The van der Waals surface area contributed by atoms with Gasteiger partial charge in [0.1, 0.15) is 11.4 Å². The molecule has 7 aromatic rings. The predicted molar refractivity (Wildman–Crippen MR) is 258 cm³/mol. The average Bonchev–Trinajstić information content (AvgIpc) is 4.05. The summed E-state index contributed by atoms with van der Waals surface area (Å²) in [5.74, 6) is 0.397. The first kappa shape index (κ1) is 54.2. The van der Waals surface area contributed by atoms with Gasteiger partial charge in [0.2, 0.25) is 0 Å². The van der Waals surface area contributed by atoms with E-state index in [2.05, 4.69) is 65.9 Å². The normalized spacial score (nSPS) is 10.8. The van der Waals surface area contributed by atoms with E-state index < -0.39 is 11.9 Å². The number of alkyl halides is 3. The molecule has 69 heavy (non-hydrogen) atoms. The van der Waals surface area contributed by atoms with Crippen LogP contribution in [0.25, 0.3) is 75.0 Å². The fourth-order valence-electron chi connectivity index (χ4n) is 6.22. The van der Waals surface area contributed by atoms with Gasteiger partial charge >= 0.3 is 25.7 Å². The predicted octanol–water partition coefficient (Wildman–Crippen LogP) is 11.8. The van der Waals surface area contributed by atoms with Crippen LogP contribution >= 0.6 is 23.6 Å². The summed E-state index contributed by atoms with van der Waals surface area (Å²) in [5, 5.41) is 15.3. The molecule has 13 nitrogen and oxygen atoms in total.